The molecular formula is C49H85N3O9. The molecule has 1 saturated heterocycles. The fourth-order valence-corrected chi connectivity index (χ4v) is 8.29. The molecule has 1 fully saturated rings. The number of aliphatic hydroxyl groups is 3. The molecule has 6 atom stereocenters. The van der Waals surface area contributed by atoms with Crippen molar-refractivity contribution in [3.8, 4) is 0 Å². The number of carboxylic acids is 1. The number of hydrogen-bond donors (Lipinski definition) is 6. The first-order valence-corrected chi connectivity index (χ1v) is 24.4. The van der Waals surface area contributed by atoms with Crippen molar-refractivity contribution in [2.45, 2.75) is 237 Å². The Labute approximate surface area is 368 Å². The minimum absolute atomic E-state index is 0.0715. The summed E-state index contributed by atoms with van der Waals surface area (Å²) in [5.41, 5.74) is 0.736. The summed E-state index contributed by atoms with van der Waals surface area (Å²) in [6.07, 6.45) is 23.3. The van der Waals surface area contributed by atoms with Gasteiger partial charge in [-0.25, -0.2) is 0 Å². The van der Waals surface area contributed by atoms with Gasteiger partial charge in [0, 0.05) is 25.8 Å². The summed E-state index contributed by atoms with van der Waals surface area (Å²) in [5.74, 6) is -2.64. The Morgan fingerprint density at radius 3 is 1.59 bits per heavy atom. The van der Waals surface area contributed by atoms with Crippen molar-refractivity contribution in [2.24, 2.45) is 0 Å². The number of nitrogens with one attached hydrogen (secondary N) is 2. The lowest BCUT2D eigenvalue weighted by molar-refractivity contribution is -0.231. The van der Waals surface area contributed by atoms with Crippen molar-refractivity contribution in [3.63, 3.8) is 0 Å². The zero-order valence-electron chi connectivity index (χ0n) is 38.0. The predicted octanol–water partition coefficient (Wildman–Crippen LogP) is 8.51. The molecule has 6 N–H and O–H groups in total. The van der Waals surface area contributed by atoms with Crippen LogP contribution in [0.4, 0.5) is 0 Å². The van der Waals surface area contributed by atoms with Gasteiger partial charge in [-0.3, -0.25) is 19.2 Å². The fourth-order valence-electron chi connectivity index (χ4n) is 8.29. The lowest BCUT2D eigenvalue weighted by atomic mass is 9.94. The molecule has 0 saturated carbocycles. The first kappa shape index (κ1) is 54.1. The third-order valence-corrected chi connectivity index (χ3v) is 12.1. The van der Waals surface area contributed by atoms with Gasteiger partial charge in [0.05, 0.1) is 13.0 Å². The number of carbonyl (C=O) groups is 4. The molecular weight excluding hydrogens is 775 g/mol. The molecule has 0 spiro atoms. The van der Waals surface area contributed by atoms with Crippen molar-refractivity contribution >= 4 is 23.7 Å². The van der Waals surface area contributed by atoms with Crippen LogP contribution in [0.1, 0.15) is 199 Å². The Kier molecular flexibility index (Phi) is 30.5. The van der Waals surface area contributed by atoms with Crippen LogP contribution in [0.25, 0.3) is 0 Å². The Morgan fingerprint density at radius 1 is 0.639 bits per heavy atom. The topological polar surface area (TPSA) is 186 Å². The Balaban J connectivity index is 2.11. The number of aliphatic hydroxyl groups excluding tert-OH is 3. The number of amides is 3. The van der Waals surface area contributed by atoms with E-state index in [1.807, 2.05) is 6.07 Å². The summed E-state index contributed by atoms with van der Waals surface area (Å²) < 4.78 is 6.21. The summed E-state index contributed by atoms with van der Waals surface area (Å²) in [7, 11) is 0. The second-order valence-electron chi connectivity index (χ2n) is 17.4. The smallest absolute Gasteiger partial charge is 0.303 e. The molecule has 0 unspecified atom stereocenters. The van der Waals surface area contributed by atoms with Crippen LogP contribution in [-0.2, 0) is 30.3 Å². The molecule has 12 nitrogen and oxygen atoms in total. The van der Waals surface area contributed by atoms with Crippen LogP contribution in [0, 0.1) is 0 Å². The monoisotopic (exact) mass is 860 g/mol. The maximum atomic E-state index is 14.1. The van der Waals surface area contributed by atoms with Crippen LogP contribution < -0.4 is 10.6 Å². The van der Waals surface area contributed by atoms with E-state index in [2.05, 4.69) is 24.5 Å². The van der Waals surface area contributed by atoms with Crippen LogP contribution in [0.15, 0.2) is 30.3 Å². The number of aliphatic carboxylic acids is 1. The van der Waals surface area contributed by atoms with Crippen LogP contribution in [0.2, 0.25) is 0 Å². The van der Waals surface area contributed by atoms with Crippen LogP contribution >= 0.6 is 0 Å². The second-order valence-corrected chi connectivity index (χ2v) is 17.4. The number of carbonyl (C=O) groups excluding carboxylic acids is 3. The molecule has 1 aliphatic rings. The van der Waals surface area contributed by atoms with Crippen molar-refractivity contribution in [3.05, 3.63) is 35.9 Å². The van der Waals surface area contributed by atoms with Gasteiger partial charge in [0.25, 0.3) is 0 Å². The zero-order valence-corrected chi connectivity index (χ0v) is 38.0. The van der Waals surface area contributed by atoms with E-state index in [0.29, 0.717) is 19.4 Å². The average Bonchev–Trinajstić information content (AvgIpc) is 3.25. The highest BCUT2D eigenvalue weighted by Crippen LogP contribution is 2.26. The van der Waals surface area contributed by atoms with Gasteiger partial charge in [0.2, 0.25) is 17.7 Å². The van der Waals surface area contributed by atoms with E-state index >= 15 is 0 Å². The fraction of sp³-hybridized carbons (Fsp3) is 0.796. The largest absolute Gasteiger partial charge is 0.481 e. The quantitative estimate of drug-likeness (QED) is 0.0357. The van der Waals surface area contributed by atoms with E-state index in [1.165, 1.54) is 109 Å². The van der Waals surface area contributed by atoms with E-state index in [-0.39, 0.29) is 25.2 Å². The van der Waals surface area contributed by atoms with Gasteiger partial charge in [-0.1, -0.05) is 192 Å². The molecule has 0 aliphatic carbocycles. The molecule has 61 heavy (non-hydrogen) atoms. The summed E-state index contributed by atoms with van der Waals surface area (Å²) >= 11 is 0. The lowest BCUT2D eigenvalue weighted by Gasteiger charge is -2.47. The SMILES string of the molecule is CCCCCCCCCCCCCCCCCCN(C(=O)CCCCCCCCCCC)[C@@H]1O[C@H](CO)[C@@H](O)[C@H](O)[C@@H]1NC(=O)[C@H](Cc1ccccc1)NC(=O)CCC(=O)O. The first-order valence-electron chi connectivity index (χ1n) is 24.4. The number of ether oxygens (including phenoxy) is 1. The maximum Gasteiger partial charge on any atom is 0.303 e. The highest BCUT2D eigenvalue weighted by Gasteiger charge is 2.48. The van der Waals surface area contributed by atoms with E-state index in [4.69, 9.17) is 9.84 Å². The Bertz CT molecular complexity index is 1300. The summed E-state index contributed by atoms with van der Waals surface area (Å²) in [5, 5.41) is 47.2. The van der Waals surface area contributed by atoms with Crippen LogP contribution in [0.5, 0.6) is 0 Å². The normalized spacial score (nSPS) is 19.3. The van der Waals surface area contributed by atoms with Gasteiger partial charge in [0.15, 0.2) is 6.23 Å². The molecule has 12 heteroatoms. The van der Waals surface area contributed by atoms with Crippen LogP contribution in [0.3, 0.4) is 0 Å². The van der Waals surface area contributed by atoms with Gasteiger partial charge < -0.3 is 40.7 Å². The minimum atomic E-state index is -1.60. The summed E-state index contributed by atoms with van der Waals surface area (Å²) in [4.78, 5) is 53.7. The average molecular weight is 860 g/mol. The van der Waals surface area contributed by atoms with Crippen molar-refractivity contribution < 1.29 is 44.3 Å². The van der Waals surface area contributed by atoms with Crippen molar-refractivity contribution in [1.82, 2.24) is 15.5 Å². The second kappa shape index (κ2) is 34.4. The number of rotatable bonds is 37. The Hall–Kier alpha value is -3.06. The van der Waals surface area contributed by atoms with Gasteiger partial charge >= 0.3 is 5.97 Å². The van der Waals surface area contributed by atoms with Gasteiger partial charge in [-0.2, -0.15) is 0 Å². The molecule has 2 rings (SSSR count). The van der Waals surface area contributed by atoms with E-state index in [9.17, 15) is 34.5 Å². The molecule has 1 aromatic carbocycles. The minimum Gasteiger partial charge on any atom is -0.481 e. The third-order valence-electron chi connectivity index (χ3n) is 12.1. The summed E-state index contributed by atoms with van der Waals surface area (Å²) in [6.45, 7) is 4.17. The number of unbranched alkanes of at least 4 members (excludes halogenated alkanes) is 23. The van der Waals surface area contributed by atoms with Crippen molar-refractivity contribution in [2.75, 3.05) is 13.2 Å². The molecule has 1 heterocycles. The molecule has 350 valence electrons. The molecule has 0 radical (unpaired) electrons. The summed E-state index contributed by atoms with van der Waals surface area (Å²) in [6, 6.07) is 6.57. The highest BCUT2D eigenvalue weighted by molar-refractivity contribution is 5.89. The number of nitrogens with zero attached hydrogens (tertiary/aromatic N) is 1. The lowest BCUT2D eigenvalue weighted by Crippen LogP contribution is -2.70. The number of benzene rings is 1. The first-order chi connectivity index (χ1) is 29.6. The van der Waals surface area contributed by atoms with E-state index in [1.54, 1.807) is 29.2 Å². The molecule has 3 amide bonds. The van der Waals surface area contributed by atoms with Gasteiger partial charge in [0.1, 0.15) is 30.4 Å². The predicted molar refractivity (Wildman–Crippen MR) is 242 cm³/mol. The molecule has 0 aromatic heterocycles. The number of carboxylic acid groups (broad SMARTS) is 1. The Morgan fingerprint density at radius 2 is 1.11 bits per heavy atom. The van der Waals surface area contributed by atoms with E-state index in [0.717, 1.165) is 44.1 Å². The van der Waals surface area contributed by atoms with E-state index < -0.39 is 67.4 Å². The maximum absolute atomic E-state index is 14.1. The molecule has 0 bridgehead atoms. The zero-order chi connectivity index (χ0) is 44.5. The van der Waals surface area contributed by atoms with Crippen LogP contribution in [-0.4, -0.2) is 98.8 Å². The standard InChI is InChI=1S/C49H85N3O9/c1-3-5-7-9-11-13-14-15-16-17-18-19-21-23-25-30-36-52(43(55)33-29-24-22-20-12-10-8-6-4-2)49-45(47(59)46(58)41(38-53)61-49)51-48(60)40(37-39-31-27-26-28-32-39)50-42(54)34-35-44(56)57/h26-28,31-32,40-41,45-47,49,53,58-59H,3-25,29-30,33-38H2,1-2H3,(H,50,54)(H,51,60)(H,56,57)/t40-,41+,45-,46+,47+,49+/m0/s1. The number of hydrogen-bond acceptors (Lipinski definition) is 8. The van der Waals surface area contributed by atoms with Crippen molar-refractivity contribution in [1.29, 1.82) is 0 Å². The third kappa shape index (κ3) is 23.8. The van der Waals surface area contributed by atoms with Gasteiger partial charge in [-0.15, -0.1) is 0 Å². The highest BCUT2D eigenvalue weighted by atomic mass is 16.5. The molecule has 1 aromatic rings. The van der Waals surface area contributed by atoms with Gasteiger partial charge in [-0.05, 0) is 18.4 Å². The molecule has 1 aliphatic heterocycles.